The number of hydrogen-bond donors (Lipinski definition) is 1. The molecule has 30 heavy (non-hydrogen) atoms. The van der Waals surface area contributed by atoms with E-state index < -0.39 is 0 Å². The Bertz CT molecular complexity index is 1170. The van der Waals surface area contributed by atoms with E-state index in [-0.39, 0.29) is 0 Å². The highest BCUT2D eigenvalue weighted by atomic mass is 79.9. The Kier molecular flexibility index (Phi) is 6.25. The zero-order valence-electron chi connectivity index (χ0n) is 17.2. The molecule has 0 aliphatic rings. The van der Waals surface area contributed by atoms with Crippen LogP contribution in [-0.2, 0) is 6.54 Å². The lowest BCUT2D eigenvalue weighted by Crippen LogP contribution is -2.02. The van der Waals surface area contributed by atoms with Gasteiger partial charge in [-0.2, -0.15) is 0 Å². The lowest BCUT2D eigenvalue weighted by Gasteiger charge is -2.14. The fraction of sp³-hybridized carbons (Fsp3) is 0.208. The summed E-state index contributed by atoms with van der Waals surface area (Å²) in [7, 11) is 1.66. The molecule has 0 aliphatic heterocycles. The second kappa shape index (κ2) is 9.06. The number of nitrogens with one attached hydrogen (secondary N) is 1. The van der Waals surface area contributed by atoms with E-state index >= 15 is 0 Å². The van der Waals surface area contributed by atoms with E-state index in [4.69, 9.17) is 14.5 Å². The van der Waals surface area contributed by atoms with Gasteiger partial charge in [-0.15, -0.1) is 11.3 Å². The van der Waals surface area contributed by atoms with Crippen molar-refractivity contribution in [2.45, 2.75) is 20.4 Å². The Labute approximate surface area is 189 Å². The molecule has 4 rings (SSSR count). The highest BCUT2D eigenvalue weighted by Gasteiger charge is 2.11. The Hall–Kier alpha value is -2.57. The summed E-state index contributed by atoms with van der Waals surface area (Å²) in [6, 6.07) is 18.8. The van der Waals surface area contributed by atoms with Crippen LogP contribution in [0.4, 0.5) is 5.69 Å². The molecule has 0 atom stereocenters. The predicted molar refractivity (Wildman–Crippen MR) is 129 cm³/mol. The molecule has 154 valence electrons. The minimum atomic E-state index is 0.590. The topological polar surface area (TPSA) is 43.4 Å². The van der Waals surface area contributed by atoms with Crippen LogP contribution in [0.25, 0.3) is 20.8 Å². The summed E-state index contributed by atoms with van der Waals surface area (Å²) in [5.41, 5.74) is 5.60. The van der Waals surface area contributed by atoms with Gasteiger partial charge in [-0.25, -0.2) is 4.98 Å². The zero-order valence-corrected chi connectivity index (χ0v) is 19.6. The van der Waals surface area contributed by atoms with Crippen molar-refractivity contribution in [1.29, 1.82) is 0 Å². The third-order valence-electron chi connectivity index (χ3n) is 4.75. The minimum Gasteiger partial charge on any atom is -0.493 e. The number of hydrogen-bond acceptors (Lipinski definition) is 5. The summed E-state index contributed by atoms with van der Waals surface area (Å²) in [6.07, 6.45) is 0. The molecule has 1 aromatic heterocycles. The Morgan fingerprint density at radius 1 is 1.07 bits per heavy atom. The molecule has 1 heterocycles. The first-order valence-corrected chi connectivity index (χ1v) is 11.4. The number of thiazole rings is 1. The molecule has 0 aliphatic carbocycles. The van der Waals surface area contributed by atoms with Gasteiger partial charge in [-0.05, 0) is 89.4 Å². The molecule has 3 aromatic carbocycles. The van der Waals surface area contributed by atoms with Crippen LogP contribution in [0.5, 0.6) is 11.5 Å². The van der Waals surface area contributed by atoms with Crippen LogP contribution in [-0.4, -0.2) is 18.7 Å². The minimum absolute atomic E-state index is 0.590. The van der Waals surface area contributed by atoms with Gasteiger partial charge in [0.05, 0.1) is 28.4 Å². The van der Waals surface area contributed by atoms with Crippen LogP contribution in [0.2, 0.25) is 0 Å². The molecule has 0 radical (unpaired) electrons. The van der Waals surface area contributed by atoms with Gasteiger partial charge in [0.25, 0.3) is 0 Å². The van der Waals surface area contributed by atoms with Crippen LogP contribution in [0.3, 0.4) is 0 Å². The number of aryl methyl sites for hydroxylation is 1. The lowest BCUT2D eigenvalue weighted by molar-refractivity contribution is 0.308. The molecular weight excluding hydrogens is 460 g/mol. The third kappa shape index (κ3) is 4.45. The molecule has 1 N–H and O–H groups in total. The number of nitrogens with zero attached hydrogens (tertiary/aromatic N) is 1. The molecule has 0 amide bonds. The zero-order chi connectivity index (χ0) is 21.1. The van der Waals surface area contributed by atoms with Gasteiger partial charge >= 0.3 is 0 Å². The van der Waals surface area contributed by atoms with E-state index in [1.54, 1.807) is 18.4 Å². The van der Waals surface area contributed by atoms with Crippen molar-refractivity contribution in [3.8, 4) is 22.1 Å². The van der Waals surface area contributed by atoms with E-state index in [0.717, 1.165) is 43.3 Å². The van der Waals surface area contributed by atoms with Crippen molar-refractivity contribution in [3.63, 3.8) is 0 Å². The van der Waals surface area contributed by atoms with E-state index in [0.29, 0.717) is 13.2 Å². The maximum atomic E-state index is 5.66. The fourth-order valence-corrected chi connectivity index (χ4v) is 4.92. The van der Waals surface area contributed by atoms with E-state index in [1.807, 2.05) is 13.0 Å². The Morgan fingerprint density at radius 3 is 2.60 bits per heavy atom. The summed E-state index contributed by atoms with van der Waals surface area (Å²) in [4.78, 5) is 4.77. The van der Waals surface area contributed by atoms with Gasteiger partial charge < -0.3 is 14.8 Å². The number of methoxy groups -OCH3 is 1. The second-order valence-electron chi connectivity index (χ2n) is 6.96. The van der Waals surface area contributed by atoms with Crippen LogP contribution < -0.4 is 14.8 Å². The van der Waals surface area contributed by atoms with Gasteiger partial charge in [0.2, 0.25) is 0 Å². The predicted octanol–water partition coefficient (Wildman–Crippen LogP) is 7.05. The molecule has 0 saturated heterocycles. The number of aromatic nitrogens is 1. The largest absolute Gasteiger partial charge is 0.493 e. The van der Waals surface area contributed by atoms with Gasteiger partial charge in [-0.1, -0.05) is 6.07 Å². The first kappa shape index (κ1) is 20.7. The highest BCUT2D eigenvalue weighted by Crippen LogP contribution is 2.37. The number of rotatable bonds is 7. The Morgan fingerprint density at radius 2 is 1.87 bits per heavy atom. The number of ether oxygens (including phenoxy) is 2. The Balaban J connectivity index is 1.48. The quantitative estimate of drug-likeness (QED) is 0.306. The molecule has 0 bridgehead atoms. The third-order valence-corrected chi connectivity index (χ3v) is 6.41. The van der Waals surface area contributed by atoms with Gasteiger partial charge in [0, 0.05) is 17.8 Å². The van der Waals surface area contributed by atoms with Crippen molar-refractivity contribution in [2.75, 3.05) is 19.0 Å². The standard InChI is InChI=1S/C24H23BrN2O2S/c1-4-29-23-19(25)12-16(13-21(23)28-3)14-26-18-8-6-17(7-9-18)24-27-20-10-5-15(2)11-22(20)30-24/h5-13,26H,4,14H2,1-3H3. The van der Waals surface area contributed by atoms with E-state index in [2.05, 4.69) is 76.7 Å². The first-order valence-electron chi connectivity index (χ1n) is 9.78. The maximum Gasteiger partial charge on any atom is 0.175 e. The SMILES string of the molecule is CCOc1c(Br)cc(CNc2ccc(-c3nc4ccc(C)cc4s3)cc2)cc1OC. The molecule has 4 nitrogen and oxygen atoms in total. The average molecular weight is 483 g/mol. The molecule has 0 saturated carbocycles. The summed E-state index contributed by atoms with van der Waals surface area (Å²) in [5.74, 6) is 1.46. The molecule has 6 heteroatoms. The van der Waals surface area contributed by atoms with Crippen LogP contribution in [0.1, 0.15) is 18.1 Å². The van der Waals surface area contributed by atoms with Crippen molar-refractivity contribution in [2.24, 2.45) is 0 Å². The second-order valence-corrected chi connectivity index (χ2v) is 8.85. The van der Waals surface area contributed by atoms with Crippen molar-refractivity contribution in [1.82, 2.24) is 4.98 Å². The van der Waals surface area contributed by atoms with Gasteiger partial charge in [-0.3, -0.25) is 0 Å². The van der Waals surface area contributed by atoms with Crippen LogP contribution in [0.15, 0.2) is 59.1 Å². The average Bonchev–Trinajstić information content (AvgIpc) is 3.17. The van der Waals surface area contributed by atoms with Crippen LogP contribution >= 0.6 is 27.3 Å². The summed E-state index contributed by atoms with van der Waals surface area (Å²) >= 11 is 5.31. The van der Waals surface area contributed by atoms with E-state index in [1.165, 1.54) is 10.3 Å². The smallest absolute Gasteiger partial charge is 0.175 e. The van der Waals surface area contributed by atoms with Crippen molar-refractivity contribution >= 4 is 43.2 Å². The van der Waals surface area contributed by atoms with Crippen LogP contribution in [0, 0.1) is 6.92 Å². The number of anilines is 1. The molecule has 0 spiro atoms. The number of benzene rings is 3. The van der Waals surface area contributed by atoms with Gasteiger partial charge in [0.15, 0.2) is 11.5 Å². The summed E-state index contributed by atoms with van der Waals surface area (Å²) in [5, 5.41) is 4.51. The van der Waals surface area contributed by atoms with Crippen molar-refractivity contribution in [3.05, 3.63) is 70.2 Å². The lowest BCUT2D eigenvalue weighted by atomic mass is 10.1. The van der Waals surface area contributed by atoms with Gasteiger partial charge in [0.1, 0.15) is 5.01 Å². The fourth-order valence-electron chi connectivity index (χ4n) is 3.25. The summed E-state index contributed by atoms with van der Waals surface area (Å²) in [6.45, 7) is 5.34. The summed E-state index contributed by atoms with van der Waals surface area (Å²) < 4.78 is 13.3. The first-order chi connectivity index (χ1) is 14.6. The number of halogens is 1. The molecule has 0 fully saturated rings. The highest BCUT2D eigenvalue weighted by molar-refractivity contribution is 9.10. The molecular formula is C24H23BrN2O2S. The number of fused-ring (bicyclic) bond motifs is 1. The van der Waals surface area contributed by atoms with E-state index in [9.17, 15) is 0 Å². The van der Waals surface area contributed by atoms with Crippen molar-refractivity contribution < 1.29 is 9.47 Å². The molecule has 0 unspecified atom stereocenters. The maximum absolute atomic E-state index is 5.66. The molecule has 4 aromatic rings. The normalized spacial score (nSPS) is 10.9. The monoisotopic (exact) mass is 482 g/mol.